The first-order chi connectivity index (χ1) is 9.06. The van der Waals surface area contributed by atoms with E-state index in [0.29, 0.717) is 11.9 Å². The molecule has 0 amide bonds. The molecule has 0 aliphatic carbocycles. The van der Waals surface area contributed by atoms with Gasteiger partial charge in [0.15, 0.2) is 0 Å². The van der Waals surface area contributed by atoms with Crippen molar-refractivity contribution in [3.8, 4) is 0 Å². The molecule has 1 saturated heterocycles. The molecule has 2 rings (SSSR count). The predicted octanol–water partition coefficient (Wildman–Crippen LogP) is 1.98. The monoisotopic (exact) mass is 263 g/mol. The standard InChI is InChI=1S/C14H21N3O2/c1-10-7-11(14(18)19)8-13(16-10)15-9-12-5-3-4-6-17(12)2/h7-8,12H,3-6,9H2,1-2H3,(H,15,16)(H,18,19). The van der Waals surface area contributed by atoms with Crippen LogP contribution >= 0.6 is 0 Å². The summed E-state index contributed by atoms with van der Waals surface area (Å²) in [7, 11) is 2.14. The Morgan fingerprint density at radius 2 is 2.32 bits per heavy atom. The Morgan fingerprint density at radius 3 is 3.00 bits per heavy atom. The van der Waals surface area contributed by atoms with Crippen LogP contribution in [0.1, 0.15) is 35.3 Å². The van der Waals surface area contributed by atoms with E-state index in [9.17, 15) is 4.79 Å². The van der Waals surface area contributed by atoms with E-state index in [0.717, 1.165) is 18.8 Å². The number of likely N-dealkylation sites (N-methyl/N-ethyl adjacent to an activating group) is 1. The predicted molar refractivity (Wildman–Crippen MR) is 74.7 cm³/mol. The highest BCUT2D eigenvalue weighted by Crippen LogP contribution is 2.16. The van der Waals surface area contributed by atoms with Crippen LogP contribution in [0.2, 0.25) is 0 Å². The molecular formula is C14H21N3O2. The van der Waals surface area contributed by atoms with Crippen LogP contribution in [0.4, 0.5) is 5.82 Å². The average Bonchev–Trinajstić information content (AvgIpc) is 2.37. The molecule has 1 aliphatic rings. The van der Waals surface area contributed by atoms with Crippen molar-refractivity contribution in [3.63, 3.8) is 0 Å². The van der Waals surface area contributed by atoms with Crippen LogP contribution in [-0.4, -0.2) is 47.1 Å². The molecule has 0 radical (unpaired) electrons. The zero-order valence-electron chi connectivity index (χ0n) is 11.5. The van der Waals surface area contributed by atoms with E-state index in [1.807, 2.05) is 6.92 Å². The highest BCUT2D eigenvalue weighted by Gasteiger charge is 2.18. The summed E-state index contributed by atoms with van der Waals surface area (Å²) >= 11 is 0. The number of hydrogen-bond donors (Lipinski definition) is 2. The van der Waals surface area contributed by atoms with E-state index in [1.54, 1.807) is 12.1 Å². The molecular weight excluding hydrogens is 242 g/mol. The van der Waals surface area contributed by atoms with Gasteiger partial charge in [0.2, 0.25) is 0 Å². The summed E-state index contributed by atoms with van der Waals surface area (Å²) < 4.78 is 0. The number of piperidine rings is 1. The molecule has 1 aromatic heterocycles. The molecule has 2 N–H and O–H groups in total. The maximum atomic E-state index is 11.0. The number of carboxylic acids is 1. The lowest BCUT2D eigenvalue weighted by molar-refractivity contribution is 0.0696. The summed E-state index contributed by atoms with van der Waals surface area (Å²) in [5.74, 6) is -0.264. The highest BCUT2D eigenvalue weighted by atomic mass is 16.4. The summed E-state index contributed by atoms with van der Waals surface area (Å²) in [4.78, 5) is 17.7. The van der Waals surface area contributed by atoms with Crippen molar-refractivity contribution in [2.75, 3.05) is 25.5 Å². The third-order valence-corrected chi connectivity index (χ3v) is 3.64. The number of rotatable bonds is 4. The van der Waals surface area contributed by atoms with Gasteiger partial charge in [-0.05, 0) is 45.5 Å². The van der Waals surface area contributed by atoms with Crippen molar-refractivity contribution in [2.45, 2.75) is 32.2 Å². The smallest absolute Gasteiger partial charge is 0.335 e. The van der Waals surface area contributed by atoms with Crippen molar-refractivity contribution in [1.82, 2.24) is 9.88 Å². The van der Waals surface area contributed by atoms with Crippen LogP contribution in [0.15, 0.2) is 12.1 Å². The van der Waals surface area contributed by atoms with E-state index in [4.69, 9.17) is 5.11 Å². The van der Waals surface area contributed by atoms with Gasteiger partial charge in [-0.2, -0.15) is 0 Å². The normalized spacial score (nSPS) is 20.2. The van der Waals surface area contributed by atoms with Crippen molar-refractivity contribution >= 4 is 11.8 Å². The molecule has 19 heavy (non-hydrogen) atoms. The molecule has 1 fully saturated rings. The summed E-state index contributed by atoms with van der Waals surface area (Å²) in [6.07, 6.45) is 3.71. The van der Waals surface area contributed by atoms with Crippen LogP contribution in [0.25, 0.3) is 0 Å². The van der Waals surface area contributed by atoms with Crippen molar-refractivity contribution in [3.05, 3.63) is 23.4 Å². The first kappa shape index (κ1) is 13.8. The van der Waals surface area contributed by atoms with Crippen LogP contribution in [-0.2, 0) is 0 Å². The molecule has 0 aromatic carbocycles. The van der Waals surface area contributed by atoms with E-state index in [1.165, 1.54) is 19.3 Å². The molecule has 0 saturated carbocycles. The zero-order chi connectivity index (χ0) is 13.8. The Morgan fingerprint density at radius 1 is 1.53 bits per heavy atom. The van der Waals surface area contributed by atoms with Crippen molar-refractivity contribution in [2.24, 2.45) is 0 Å². The maximum Gasteiger partial charge on any atom is 0.335 e. The van der Waals surface area contributed by atoms with Gasteiger partial charge in [-0.1, -0.05) is 6.42 Å². The number of likely N-dealkylation sites (tertiary alicyclic amines) is 1. The molecule has 1 atom stereocenters. The number of aromatic carboxylic acids is 1. The summed E-state index contributed by atoms with van der Waals surface area (Å²) in [5, 5.41) is 12.3. The third kappa shape index (κ3) is 3.67. The van der Waals surface area contributed by atoms with Crippen LogP contribution in [0.5, 0.6) is 0 Å². The maximum absolute atomic E-state index is 11.0. The van der Waals surface area contributed by atoms with Gasteiger partial charge in [0, 0.05) is 18.3 Å². The fourth-order valence-electron chi connectivity index (χ4n) is 2.51. The number of anilines is 1. The lowest BCUT2D eigenvalue weighted by Crippen LogP contribution is -2.40. The molecule has 104 valence electrons. The number of pyridine rings is 1. The first-order valence-electron chi connectivity index (χ1n) is 6.72. The Bertz CT molecular complexity index is 462. The Hall–Kier alpha value is -1.62. The second-order valence-electron chi connectivity index (χ2n) is 5.20. The van der Waals surface area contributed by atoms with Gasteiger partial charge in [0.1, 0.15) is 5.82 Å². The Kier molecular flexibility index (Phi) is 4.37. The van der Waals surface area contributed by atoms with Crippen LogP contribution in [0, 0.1) is 6.92 Å². The van der Waals surface area contributed by atoms with Crippen LogP contribution in [0.3, 0.4) is 0 Å². The average molecular weight is 263 g/mol. The Labute approximate surface area is 113 Å². The molecule has 0 bridgehead atoms. The molecule has 0 spiro atoms. The molecule has 5 nitrogen and oxygen atoms in total. The van der Waals surface area contributed by atoms with Gasteiger partial charge >= 0.3 is 5.97 Å². The molecule has 1 aliphatic heterocycles. The second-order valence-corrected chi connectivity index (χ2v) is 5.20. The van der Waals surface area contributed by atoms with E-state index >= 15 is 0 Å². The second kappa shape index (κ2) is 6.02. The zero-order valence-corrected chi connectivity index (χ0v) is 11.5. The minimum Gasteiger partial charge on any atom is -0.478 e. The minimum atomic E-state index is -0.914. The van der Waals surface area contributed by atoms with Crippen molar-refractivity contribution in [1.29, 1.82) is 0 Å². The number of aryl methyl sites for hydroxylation is 1. The summed E-state index contributed by atoms with van der Waals surface area (Å²) in [6.45, 7) is 3.75. The SMILES string of the molecule is Cc1cc(C(=O)O)cc(NCC2CCCCN2C)n1. The summed E-state index contributed by atoms with van der Waals surface area (Å²) in [6, 6.07) is 3.68. The third-order valence-electron chi connectivity index (χ3n) is 3.64. The number of carbonyl (C=O) groups is 1. The van der Waals surface area contributed by atoms with Gasteiger partial charge in [-0.25, -0.2) is 9.78 Å². The Balaban J connectivity index is 2.00. The fourth-order valence-corrected chi connectivity index (χ4v) is 2.51. The molecule has 5 heteroatoms. The molecule has 1 unspecified atom stereocenters. The van der Waals surface area contributed by atoms with Crippen LogP contribution < -0.4 is 5.32 Å². The first-order valence-corrected chi connectivity index (χ1v) is 6.72. The van der Waals surface area contributed by atoms with E-state index in [-0.39, 0.29) is 5.56 Å². The number of hydrogen-bond acceptors (Lipinski definition) is 4. The highest BCUT2D eigenvalue weighted by molar-refractivity contribution is 5.88. The lowest BCUT2D eigenvalue weighted by Gasteiger charge is -2.32. The largest absolute Gasteiger partial charge is 0.478 e. The van der Waals surface area contributed by atoms with Gasteiger partial charge in [-0.15, -0.1) is 0 Å². The quantitative estimate of drug-likeness (QED) is 0.869. The fraction of sp³-hybridized carbons (Fsp3) is 0.571. The molecule has 2 heterocycles. The van der Waals surface area contributed by atoms with Gasteiger partial charge in [-0.3, -0.25) is 0 Å². The van der Waals surface area contributed by atoms with Crippen molar-refractivity contribution < 1.29 is 9.90 Å². The minimum absolute atomic E-state index is 0.284. The number of nitrogens with one attached hydrogen (secondary N) is 1. The summed E-state index contributed by atoms with van der Waals surface area (Å²) in [5.41, 5.74) is 1.01. The topological polar surface area (TPSA) is 65.5 Å². The lowest BCUT2D eigenvalue weighted by atomic mass is 10.0. The van der Waals surface area contributed by atoms with E-state index in [2.05, 4.69) is 22.2 Å². The molecule has 1 aromatic rings. The van der Waals surface area contributed by atoms with Gasteiger partial charge in [0.05, 0.1) is 5.56 Å². The number of aromatic nitrogens is 1. The number of nitrogens with zero attached hydrogens (tertiary/aromatic N) is 2. The van der Waals surface area contributed by atoms with Gasteiger partial charge in [0.25, 0.3) is 0 Å². The number of carboxylic acid groups (broad SMARTS) is 1. The van der Waals surface area contributed by atoms with Gasteiger partial charge < -0.3 is 15.3 Å². The van der Waals surface area contributed by atoms with E-state index < -0.39 is 5.97 Å².